The Bertz CT molecular complexity index is 166. The summed E-state index contributed by atoms with van der Waals surface area (Å²) in [5, 5.41) is 0. The minimum absolute atomic E-state index is 0.500. The van der Waals surface area contributed by atoms with Gasteiger partial charge in [0.1, 0.15) is 0 Å². The number of hydrogen-bond donors (Lipinski definition) is 0. The molecule has 0 amide bonds. The van der Waals surface area contributed by atoms with E-state index in [0.29, 0.717) is 6.10 Å². The van der Waals surface area contributed by atoms with Gasteiger partial charge in [-0.25, -0.2) is 0 Å². The smallest absolute Gasteiger partial charge is 0.0596 e. The van der Waals surface area contributed by atoms with E-state index in [1.54, 1.807) is 0 Å². The van der Waals surface area contributed by atoms with Crippen molar-refractivity contribution < 1.29 is 4.74 Å². The zero-order valence-corrected chi connectivity index (χ0v) is 9.54. The van der Waals surface area contributed by atoms with Gasteiger partial charge in [-0.2, -0.15) is 0 Å². The second-order valence-electron chi connectivity index (χ2n) is 4.28. The van der Waals surface area contributed by atoms with Gasteiger partial charge in [0.15, 0.2) is 0 Å². The number of ether oxygens (including phenoxy) is 1. The van der Waals surface area contributed by atoms with Crippen LogP contribution in [-0.2, 0) is 4.74 Å². The van der Waals surface area contributed by atoms with E-state index in [-0.39, 0.29) is 0 Å². The Morgan fingerprint density at radius 1 is 1.21 bits per heavy atom. The van der Waals surface area contributed by atoms with E-state index in [1.165, 1.54) is 32.1 Å². The molecule has 0 aromatic carbocycles. The summed E-state index contributed by atoms with van der Waals surface area (Å²) < 4.78 is 5.85. The lowest BCUT2D eigenvalue weighted by molar-refractivity contribution is 0.0325. The van der Waals surface area contributed by atoms with Gasteiger partial charge in [-0.05, 0) is 46.2 Å². The van der Waals surface area contributed by atoms with Gasteiger partial charge in [0, 0.05) is 6.54 Å². The maximum Gasteiger partial charge on any atom is 0.0596 e. The molecule has 0 aromatic rings. The standard InChI is InChI=1S/C12H23NO/c1-13(2)10-11-14-12-8-6-4-3-5-7-9-12/h3-4,12H,5-11H2,1-2H3/i1-1. The molecule has 0 bridgehead atoms. The van der Waals surface area contributed by atoms with Crippen LogP contribution in [0.4, 0.5) is 0 Å². The molecule has 2 nitrogen and oxygen atoms in total. The van der Waals surface area contributed by atoms with E-state index in [9.17, 15) is 0 Å². The molecule has 1 aliphatic rings. The molecule has 1 rings (SSSR count). The van der Waals surface area contributed by atoms with Crippen LogP contribution in [0, 0.1) is 0 Å². The van der Waals surface area contributed by atoms with Crippen LogP contribution in [0.5, 0.6) is 0 Å². The van der Waals surface area contributed by atoms with Crippen molar-refractivity contribution in [3.05, 3.63) is 12.2 Å². The summed E-state index contributed by atoms with van der Waals surface area (Å²) in [7, 11) is 4.18. The molecule has 2 heteroatoms. The summed E-state index contributed by atoms with van der Waals surface area (Å²) >= 11 is 0. The minimum Gasteiger partial charge on any atom is -0.377 e. The Balaban J connectivity index is 2.12. The largest absolute Gasteiger partial charge is 0.377 e. The van der Waals surface area contributed by atoms with Crippen molar-refractivity contribution in [2.45, 2.75) is 38.2 Å². The lowest BCUT2D eigenvalue weighted by Crippen LogP contribution is -2.22. The highest BCUT2D eigenvalue weighted by Gasteiger charge is 2.09. The van der Waals surface area contributed by atoms with Crippen molar-refractivity contribution in [3.8, 4) is 0 Å². The first-order valence-electron chi connectivity index (χ1n) is 5.70. The first-order chi connectivity index (χ1) is 6.79. The minimum atomic E-state index is 0.500. The number of likely N-dealkylation sites (N-methyl/N-ethyl adjacent to an activating group) is 1. The highest BCUT2D eigenvalue weighted by atomic mass is 16.5. The monoisotopic (exact) mass is 196 g/mol. The molecule has 1 unspecified atom stereocenters. The second-order valence-corrected chi connectivity index (χ2v) is 4.28. The van der Waals surface area contributed by atoms with Crippen LogP contribution < -0.4 is 0 Å². The Hall–Kier alpha value is -0.340. The van der Waals surface area contributed by atoms with Crippen molar-refractivity contribution in [1.82, 2.24) is 4.90 Å². The Labute approximate surface area is 87.9 Å². The Kier molecular flexibility index (Phi) is 5.88. The van der Waals surface area contributed by atoms with Gasteiger partial charge in [0.05, 0.1) is 12.7 Å². The van der Waals surface area contributed by atoms with Crippen molar-refractivity contribution in [1.29, 1.82) is 0 Å². The zero-order chi connectivity index (χ0) is 10.2. The Morgan fingerprint density at radius 2 is 2.00 bits per heavy atom. The van der Waals surface area contributed by atoms with Gasteiger partial charge in [0.2, 0.25) is 0 Å². The van der Waals surface area contributed by atoms with E-state index in [1.807, 2.05) is 0 Å². The molecule has 0 spiro atoms. The molecule has 0 saturated heterocycles. The fourth-order valence-corrected chi connectivity index (χ4v) is 1.69. The molecule has 1 aliphatic carbocycles. The maximum atomic E-state index is 5.85. The van der Waals surface area contributed by atoms with Crippen molar-refractivity contribution in [3.63, 3.8) is 0 Å². The predicted octanol–water partition coefficient (Wildman–Crippen LogP) is 2.45. The van der Waals surface area contributed by atoms with Crippen LogP contribution in [0.2, 0.25) is 0 Å². The van der Waals surface area contributed by atoms with Gasteiger partial charge in [-0.15, -0.1) is 0 Å². The molecule has 0 heterocycles. The quantitative estimate of drug-likeness (QED) is 0.640. The molecular weight excluding hydrogens is 173 g/mol. The third-order valence-corrected chi connectivity index (χ3v) is 2.61. The summed E-state index contributed by atoms with van der Waals surface area (Å²) in [4.78, 5) is 2.17. The van der Waals surface area contributed by atoms with Crippen LogP contribution in [0.3, 0.4) is 0 Å². The van der Waals surface area contributed by atoms with E-state index in [0.717, 1.165) is 13.2 Å². The SMILES string of the molecule is CN([11CH3])CCOC1CCC=CCCC1. The molecular formula is C12H23NO. The number of hydrogen-bond acceptors (Lipinski definition) is 2. The predicted molar refractivity (Wildman–Crippen MR) is 60.5 cm³/mol. The molecule has 0 N–H and O–H groups in total. The average Bonchev–Trinajstić information content (AvgIpc) is 2.07. The maximum absolute atomic E-state index is 5.85. The van der Waals surface area contributed by atoms with Gasteiger partial charge in [-0.3, -0.25) is 0 Å². The van der Waals surface area contributed by atoms with Crippen LogP contribution >= 0.6 is 0 Å². The van der Waals surface area contributed by atoms with E-state index >= 15 is 0 Å². The van der Waals surface area contributed by atoms with Crippen molar-refractivity contribution >= 4 is 0 Å². The lowest BCUT2D eigenvalue weighted by atomic mass is 10.0. The lowest BCUT2D eigenvalue weighted by Gasteiger charge is -2.19. The van der Waals surface area contributed by atoms with Crippen molar-refractivity contribution in [2.24, 2.45) is 0 Å². The first kappa shape index (κ1) is 11.7. The van der Waals surface area contributed by atoms with Gasteiger partial charge < -0.3 is 9.64 Å². The van der Waals surface area contributed by atoms with Crippen LogP contribution in [-0.4, -0.2) is 38.3 Å². The molecule has 0 saturated carbocycles. The third kappa shape index (κ3) is 5.40. The topological polar surface area (TPSA) is 12.5 Å². The fourth-order valence-electron chi connectivity index (χ4n) is 1.69. The molecule has 0 aliphatic heterocycles. The molecule has 0 radical (unpaired) electrons. The van der Waals surface area contributed by atoms with E-state index < -0.39 is 0 Å². The highest BCUT2D eigenvalue weighted by molar-refractivity contribution is 4.85. The summed E-state index contributed by atoms with van der Waals surface area (Å²) in [5.74, 6) is 0. The average molecular weight is 196 g/mol. The number of rotatable bonds is 4. The molecule has 0 fully saturated rings. The fraction of sp³-hybridized carbons (Fsp3) is 0.833. The summed E-state index contributed by atoms with van der Waals surface area (Å²) in [6, 6.07) is 0. The number of nitrogens with zero attached hydrogens (tertiary/aromatic N) is 1. The van der Waals surface area contributed by atoms with Gasteiger partial charge >= 0.3 is 0 Å². The second kappa shape index (κ2) is 7.02. The molecule has 0 aromatic heterocycles. The van der Waals surface area contributed by atoms with Gasteiger partial charge in [0.25, 0.3) is 0 Å². The normalized spacial score (nSPS) is 23.5. The Morgan fingerprint density at radius 3 is 2.79 bits per heavy atom. The van der Waals surface area contributed by atoms with Crippen LogP contribution in [0.15, 0.2) is 12.2 Å². The molecule has 82 valence electrons. The van der Waals surface area contributed by atoms with Crippen LogP contribution in [0.25, 0.3) is 0 Å². The number of allylic oxidation sites excluding steroid dienone is 2. The summed E-state index contributed by atoms with van der Waals surface area (Å²) in [5.41, 5.74) is 0. The highest BCUT2D eigenvalue weighted by Crippen LogP contribution is 2.15. The van der Waals surface area contributed by atoms with E-state index in [2.05, 4.69) is 31.1 Å². The van der Waals surface area contributed by atoms with Crippen molar-refractivity contribution in [2.75, 3.05) is 27.2 Å². The van der Waals surface area contributed by atoms with Crippen LogP contribution in [0.1, 0.15) is 32.1 Å². The zero-order valence-electron chi connectivity index (χ0n) is 9.54. The first-order valence-corrected chi connectivity index (χ1v) is 5.70. The third-order valence-electron chi connectivity index (χ3n) is 2.61. The molecule has 1 atom stereocenters. The van der Waals surface area contributed by atoms with E-state index in [4.69, 9.17) is 4.74 Å². The summed E-state index contributed by atoms with van der Waals surface area (Å²) in [6.45, 7) is 1.91. The molecule has 14 heavy (non-hydrogen) atoms. The summed E-state index contributed by atoms with van der Waals surface area (Å²) in [6.07, 6.45) is 11.2. The van der Waals surface area contributed by atoms with Gasteiger partial charge in [-0.1, -0.05) is 12.2 Å².